The van der Waals surface area contributed by atoms with Crippen molar-refractivity contribution in [3.8, 4) is 0 Å². The maximum Gasteiger partial charge on any atom is 0.264 e. The molecule has 1 saturated heterocycles. The summed E-state index contributed by atoms with van der Waals surface area (Å²) in [6.07, 6.45) is 2.28. The van der Waals surface area contributed by atoms with Gasteiger partial charge >= 0.3 is 0 Å². The number of nitrogens with one attached hydrogen (secondary N) is 1. The molecule has 0 saturated carbocycles. The van der Waals surface area contributed by atoms with Gasteiger partial charge in [-0.3, -0.25) is 10.1 Å². The smallest absolute Gasteiger partial charge is 0.264 e. The number of hydrogen-bond donors (Lipinski definition) is 3. The van der Waals surface area contributed by atoms with Crippen LogP contribution in [0, 0.1) is 0 Å². The predicted molar refractivity (Wildman–Crippen MR) is 36.0 cm³/mol. The van der Waals surface area contributed by atoms with Crippen LogP contribution < -0.4 is 11.1 Å². The Bertz CT molecular complexity index is 141. The number of nitrogens with two attached hydrogens (primary N) is 1. The minimum absolute atomic E-state index is 0.433. The van der Waals surface area contributed by atoms with E-state index in [1.54, 1.807) is 0 Å². The fourth-order valence-electron chi connectivity index (χ4n) is 1.10. The maximum atomic E-state index is 10.6. The van der Waals surface area contributed by atoms with Gasteiger partial charge in [0, 0.05) is 0 Å². The molecule has 1 atom stereocenters. The molecule has 4 N–H and O–H groups in total. The van der Waals surface area contributed by atoms with Crippen LogP contribution in [0.2, 0.25) is 0 Å². The Hall–Kier alpha value is -0.610. The Labute approximate surface area is 59.4 Å². The third-order valence-corrected chi connectivity index (χ3v) is 1.79. The van der Waals surface area contributed by atoms with E-state index in [1.807, 2.05) is 0 Å². The molecule has 0 aromatic carbocycles. The molecule has 0 radical (unpaired) electrons. The summed E-state index contributed by atoms with van der Waals surface area (Å²) in [7, 11) is 0. The Morgan fingerprint density at radius 3 is 2.60 bits per heavy atom. The van der Waals surface area contributed by atoms with Crippen molar-refractivity contribution in [1.82, 2.24) is 5.32 Å². The molecule has 0 aromatic heterocycles. The van der Waals surface area contributed by atoms with Crippen molar-refractivity contribution >= 4 is 5.91 Å². The molecule has 1 rings (SSSR count). The molecule has 1 amide bonds. The number of hydrogen-bond acceptors (Lipinski definition) is 3. The average Bonchev–Trinajstić information content (AvgIpc) is 1.89. The lowest BCUT2D eigenvalue weighted by atomic mass is 10.0. The zero-order chi connectivity index (χ0) is 7.61. The van der Waals surface area contributed by atoms with E-state index in [4.69, 9.17) is 5.73 Å². The molecule has 0 spiro atoms. The van der Waals surface area contributed by atoms with E-state index in [2.05, 4.69) is 5.32 Å². The third kappa shape index (κ3) is 1.27. The van der Waals surface area contributed by atoms with Crippen molar-refractivity contribution in [1.29, 1.82) is 0 Å². The summed E-state index contributed by atoms with van der Waals surface area (Å²) in [6, 6.07) is 0. The molecule has 1 unspecified atom stereocenters. The van der Waals surface area contributed by atoms with E-state index >= 15 is 0 Å². The average molecular weight is 144 g/mol. The molecule has 0 bridgehead atoms. The first-order valence-corrected chi connectivity index (χ1v) is 3.42. The zero-order valence-corrected chi connectivity index (χ0v) is 5.76. The molecule has 4 nitrogen and oxygen atoms in total. The number of aliphatic hydroxyl groups is 1. The lowest BCUT2D eigenvalue weighted by Gasteiger charge is -2.29. The second kappa shape index (κ2) is 2.56. The van der Waals surface area contributed by atoms with Crippen molar-refractivity contribution in [2.75, 3.05) is 6.54 Å². The van der Waals surface area contributed by atoms with Crippen molar-refractivity contribution in [3.05, 3.63) is 0 Å². The first kappa shape index (κ1) is 7.50. The maximum absolute atomic E-state index is 10.6. The van der Waals surface area contributed by atoms with Crippen LogP contribution in [-0.4, -0.2) is 23.3 Å². The highest BCUT2D eigenvalue weighted by Gasteiger charge is 2.34. The molecule has 4 heteroatoms. The Kier molecular flexibility index (Phi) is 1.92. The molecule has 0 aromatic rings. The molecule has 1 aliphatic rings. The van der Waals surface area contributed by atoms with Crippen molar-refractivity contribution < 1.29 is 9.90 Å². The highest BCUT2D eigenvalue weighted by atomic mass is 16.3. The second-order valence-electron chi connectivity index (χ2n) is 2.61. The van der Waals surface area contributed by atoms with Crippen LogP contribution in [0.3, 0.4) is 0 Å². The van der Waals surface area contributed by atoms with Crippen LogP contribution in [0.4, 0.5) is 0 Å². The fourth-order valence-corrected chi connectivity index (χ4v) is 1.10. The predicted octanol–water partition coefficient (Wildman–Crippen LogP) is -1.07. The van der Waals surface area contributed by atoms with Crippen molar-refractivity contribution in [2.45, 2.75) is 25.0 Å². The summed E-state index contributed by atoms with van der Waals surface area (Å²) in [6.45, 7) is 0.666. The van der Waals surface area contributed by atoms with Crippen molar-refractivity contribution in [2.24, 2.45) is 5.73 Å². The van der Waals surface area contributed by atoms with Gasteiger partial charge in [0.05, 0.1) is 0 Å². The standard InChI is InChI=1S/C6H12N2O2/c7-5(9)6(10)3-1-2-4-8-6/h8,10H,1-4H2,(H2,7,9). The Morgan fingerprint density at radius 1 is 1.60 bits per heavy atom. The number of piperidine rings is 1. The minimum atomic E-state index is -1.43. The van der Waals surface area contributed by atoms with Gasteiger partial charge in [-0.1, -0.05) is 0 Å². The van der Waals surface area contributed by atoms with E-state index in [-0.39, 0.29) is 0 Å². The quantitative estimate of drug-likeness (QED) is 0.439. The normalized spacial score (nSPS) is 33.7. The van der Waals surface area contributed by atoms with Gasteiger partial charge in [-0.25, -0.2) is 0 Å². The van der Waals surface area contributed by atoms with Crippen LogP contribution in [-0.2, 0) is 4.79 Å². The molecule has 58 valence electrons. The molecule has 1 fully saturated rings. The van der Waals surface area contributed by atoms with Gasteiger partial charge in [-0.05, 0) is 25.8 Å². The van der Waals surface area contributed by atoms with E-state index < -0.39 is 11.6 Å². The van der Waals surface area contributed by atoms with Crippen molar-refractivity contribution in [3.63, 3.8) is 0 Å². The number of primary amides is 1. The fraction of sp³-hybridized carbons (Fsp3) is 0.833. The van der Waals surface area contributed by atoms with Gasteiger partial charge in [0.15, 0.2) is 5.72 Å². The zero-order valence-electron chi connectivity index (χ0n) is 5.76. The number of carbonyl (C=O) groups excluding carboxylic acids is 1. The van der Waals surface area contributed by atoms with Gasteiger partial charge in [-0.2, -0.15) is 0 Å². The Morgan fingerprint density at radius 2 is 2.30 bits per heavy atom. The highest BCUT2D eigenvalue weighted by molar-refractivity contribution is 5.82. The first-order valence-electron chi connectivity index (χ1n) is 3.42. The summed E-state index contributed by atoms with van der Waals surface area (Å²) >= 11 is 0. The molecular formula is C6H12N2O2. The molecule has 10 heavy (non-hydrogen) atoms. The summed E-state index contributed by atoms with van der Waals surface area (Å²) in [5.41, 5.74) is 3.52. The van der Waals surface area contributed by atoms with Gasteiger partial charge in [-0.15, -0.1) is 0 Å². The number of carbonyl (C=O) groups is 1. The van der Waals surface area contributed by atoms with E-state index in [1.165, 1.54) is 0 Å². The van der Waals surface area contributed by atoms with Crippen LogP contribution >= 0.6 is 0 Å². The Balaban J connectivity index is 2.56. The van der Waals surface area contributed by atoms with Gasteiger partial charge in [0.2, 0.25) is 0 Å². The largest absolute Gasteiger partial charge is 0.367 e. The highest BCUT2D eigenvalue weighted by Crippen LogP contribution is 2.14. The van der Waals surface area contributed by atoms with Crippen LogP contribution in [0.25, 0.3) is 0 Å². The van der Waals surface area contributed by atoms with Gasteiger partial charge in [0.25, 0.3) is 5.91 Å². The van der Waals surface area contributed by atoms with Gasteiger partial charge in [0.1, 0.15) is 0 Å². The monoisotopic (exact) mass is 144 g/mol. The first-order chi connectivity index (χ1) is 4.65. The summed E-state index contributed by atoms with van der Waals surface area (Å²) in [5.74, 6) is -0.674. The summed E-state index contributed by atoms with van der Waals surface area (Å²) < 4.78 is 0. The second-order valence-corrected chi connectivity index (χ2v) is 2.61. The SMILES string of the molecule is NC(=O)C1(O)CCCCN1. The third-order valence-electron chi connectivity index (χ3n) is 1.79. The van der Waals surface area contributed by atoms with E-state index in [0.29, 0.717) is 13.0 Å². The van der Waals surface area contributed by atoms with E-state index in [0.717, 1.165) is 12.8 Å². The van der Waals surface area contributed by atoms with Crippen LogP contribution in [0.15, 0.2) is 0 Å². The van der Waals surface area contributed by atoms with Gasteiger partial charge < -0.3 is 10.8 Å². The molecule has 1 heterocycles. The molecular weight excluding hydrogens is 132 g/mol. The number of amides is 1. The lowest BCUT2D eigenvalue weighted by molar-refractivity contribution is -0.142. The van der Waals surface area contributed by atoms with Crippen LogP contribution in [0.1, 0.15) is 19.3 Å². The van der Waals surface area contributed by atoms with E-state index in [9.17, 15) is 9.90 Å². The number of rotatable bonds is 1. The van der Waals surface area contributed by atoms with Crippen LogP contribution in [0.5, 0.6) is 0 Å². The minimum Gasteiger partial charge on any atom is -0.367 e. The lowest BCUT2D eigenvalue weighted by Crippen LogP contribution is -2.57. The molecule has 0 aliphatic carbocycles. The topological polar surface area (TPSA) is 75.4 Å². The molecule has 1 aliphatic heterocycles. The summed E-state index contributed by atoms with van der Waals surface area (Å²) in [5, 5.41) is 12.0. The summed E-state index contributed by atoms with van der Waals surface area (Å²) in [4.78, 5) is 10.6.